The van der Waals surface area contributed by atoms with Gasteiger partial charge in [-0.2, -0.15) is 0 Å². The number of ether oxygens (including phenoxy) is 1. The average molecular weight is 247 g/mol. The van der Waals surface area contributed by atoms with Crippen molar-refractivity contribution in [2.75, 3.05) is 19.7 Å². The van der Waals surface area contributed by atoms with E-state index in [-0.39, 0.29) is 6.61 Å². The van der Waals surface area contributed by atoms with Gasteiger partial charge < -0.3 is 15.2 Å². The zero-order valence-electron chi connectivity index (χ0n) is 11.1. The second-order valence-electron chi connectivity index (χ2n) is 4.39. The molecule has 0 saturated carbocycles. The number of hydrogen-bond donors (Lipinski definition) is 2. The summed E-state index contributed by atoms with van der Waals surface area (Å²) in [6.45, 7) is 5.51. The quantitative estimate of drug-likeness (QED) is 0.569. The number of terminal acetylenes is 1. The molecule has 1 aromatic carbocycles. The van der Waals surface area contributed by atoms with Crippen LogP contribution in [0.4, 0.5) is 0 Å². The summed E-state index contributed by atoms with van der Waals surface area (Å²) in [4.78, 5) is 0. The van der Waals surface area contributed by atoms with Gasteiger partial charge in [0.05, 0.1) is 0 Å². The van der Waals surface area contributed by atoms with Crippen molar-refractivity contribution in [3.05, 3.63) is 29.3 Å². The summed E-state index contributed by atoms with van der Waals surface area (Å²) >= 11 is 0. The number of nitrogens with one attached hydrogen (secondary N) is 1. The molecule has 0 aliphatic carbocycles. The highest BCUT2D eigenvalue weighted by Gasteiger charge is 2.06. The molecule has 0 bridgehead atoms. The van der Waals surface area contributed by atoms with Gasteiger partial charge >= 0.3 is 0 Å². The van der Waals surface area contributed by atoms with Crippen molar-refractivity contribution in [3.63, 3.8) is 0 Å². The number of aliphatic hydroxyl groups excluding tert-OH is 1. The molecule has 0 heterocycles. The highest BCUT2D eigenvalue weighted by Crippen LogP contribution is 2.19. The first-order valence-corrected chi connectivity index (χ1v) is 6.15. The highest BCUT2D eigenvalue weighted by molar-refractivity contribution is 5.35. The van der Waals surface area contributed by atoms with Crippen LogP contribution in [0.3, 0.4) is 0 Å². The Morgan fingerprint density at radius 2 is 2.22 bits per heavy atom. The van der Waals surface area contributed by atoms with Crippen molar-refractivity contribution >= 4 is 0 Å². The number of benzene rings is 1. The summed E-state index contributed by atoms with van der Waals surface area (Å²) < 4.78 is 5.61. The Kier molecular flexibility index (Phi) is 6.27. The molecular weight excluding hydrogens is 226 g/mol. The van der Waals surface area contributed by atoms with E-state index in [1.807, 2.05) is 32.0 Å². The minimum Gasteiger partial charge on any atom is -0.491 e. The molecule has 0 fully saturated rings. The fourth-order valence-corrected chi connectivity index (χ4v) is 1.54. The molecule has 0 radical (unpaired) electrons. The Balaban J connectivity index is 2.31. The van der Waals surface area contributed by atoms with Crippen LogP contribution in [0.15, 0.2) is 18.2 Å². The normalized spacial score (nSPS) is 11.9. The molecule has 1 aromatic rings. The first-order valence-electron chi connectivity index (χ1n) is 6.15. The van der Waals surface area contributed by atoms with Crippen LogP contribution >= 0.6 is 0 Å². The molecule has 0 aliphatic heterocycles. The highest BCUT2D eigenvalue weighted by atomic mass is 16.5. The lowest BCUT2D eigenvalue weighted by Crippen LogP contribution is -2.32. The van der Waals surface area contributed by atoms with E-state index in [1.165, 1.54) is 0 Å². The first-order chi connectivity index (χ1) is 8.63. The minimum atomic E-state index is -0.525. The molecule has 1 atom stereocenters. The van der Waals surface area contributed by atoms with Gasteiger partial charge in [-0.25, -0.2) is 0 Å². The third-order valence-electron chi connectivity index (χ3n) is 2.60. The predicted octanol–water partition coefficient (Wildman–Crippen LogP) is 1.66. The van der Waals surface area contributed by atoms with Crippen molar-refractivity contribution in [1.82, 2.24) is 5.32 Å². The molecule has 1 unspecified atom stereocenters. The fourth-order valence-electron chi connectivity index (χ4n) is 1.54. The Hall–Kier alpha value is -1.50. The van der Waals surface area contributed by atoms with E-state index in [2.05, 4.69) is 11.2 Å². The Morgan fingerprint density at radius 3 is 2.94 bits per heavy atom. The molecule has 0 amide bonds. The van der Waals surface area contributed by atoms with Gasteiger partial charge in [0.15, 0.2) is 0 Å². The summed E-state index contributed by atoms with van der Waals surface area (Å²) in [5.74, 6) is 3.37. The van der Waals surface area contributed by atoms with Crippen LogP contribution in [0.1, 0.15) is 17.5 Å². The van der Waals surface area contributed by atoms with Gasteiger partial charge in [-0.1, -0.05) is 12.1 Å². The van der Waals surface area contributed by atoms with Crippen LogP contribution in [-0.4, -0.2) is 30.9 Å². The number of aryl methyl sites for hydroxylation is 2. The molecule has 0 aliphatic rings. The first kappa shape index (κ1) is 14.6. The third kappa shape index (κ3) is 5.22. The van der Waals surface area contributed by atoms with Crippen LogP contribution in [-0.2, 0) is 0 Å². The SMILES string of the molecule is C#CCCNCC(O)COc1cc(C)ccc1C. The molecule has 0 spiro atoms. The summed E-state index contributed by atoms with van der Waals surface area (Å²) in [5.41, 5.74) is 2.23. The Labute approximate surface area is 109 Å². The van der Waals surface area contributed by atoms with E-state index in [0.717, 1.165) is 23.4 Å². The van der Waals surface area contributed by atoms with Gasteiger partial charge in [-0.3, -0.25) is 0 Å². The molecule has 2 N–H and O–H groups in total. The third-order valence-corrected chi connectivity index (χ3v) is 2.60. The Bertz CT molecular complexity index is 409. The molecular formula is C15H21NO2. The topological polar surface area (TPSA) is 41.5 Å². The van der Waals surface area contributed by atoms with Crippen molar-refractivity contribution in [1.29, 1.82) is 0 Å². The molecule has 3 nitrogen and oxygen atoms in total. The van der Waals surface area contributed by atoms with Gasteiger partial charge in [0.25, 0.3) is 0 Å². The van der Waals surface area contributed by atoms with Crippen molar-refractivity contribution in [2.45, 2.75) is 26.4 Å². The van der Waals surface area contributed by atoms with E-state index in [4.69, 9.17) is 11.2 Å². The van der Waals surface area contributed by atoms with Gasteiger partial charge in [0, 0.05) is 19.5 Å². The lowest BCUT2D eigenvalue weighted by Gasteiger charge is -2.14. The van der Waals surface area contributed by atoms with Crippen molar-refractivity contribution in [3.8, 4) is 18.1 Å². The standard InChI is InChI=1S/C15H21NO2/c1-4-5-8-16-10-14(17)11-18-15-9-12(2)6-7-13(15)3/h1,6-7,9,14,16-17H,5,8,10-11H2,2-3H3. The van der Waals surface area contributed by atoms with Crippen LogP contribution in [0.2, 0.25) is 0 Å². The summed E-state index contributed by atoms with van der Waals surface area (Å²) in [6.07, 6.45) is 5.28. The largest absolute Gasteiger partial charge is 0.491 e. The van der Waals surface area contributed by atoms with Gasteiger partial charge in [0.1, 0.15) is 18.5 Å². The van der Waals surface area contributed by atoms with Gasteiger partial charge in [-0.05, 0) is 31.0 Å². The molecule has 3 heteroatoms. The lowest BCUT2D eigenvalue weighted by molar-refractivity contribution is 0.106. The zero-order valence-corrected chi connectivity index (χ0v) is 11.1. The van der Waals surface area contributed by atoms with Crippen LogP contribution in [0.5, 0.6) is 5.75 Å². The number of hydrogen-bond acceptors (Lipinski definition) is 3. The number of aliphatic hydroxyl groups is 1. The van der Waals surface area contributed by atoms with E-state index >= 15 is 0 Å². The zero-order chi connectivity index (χ0) is 13.4. The molecule has 1 rings (SSSR count). The van der Waals surface area contributed by atoms with E-state index in [0.29, 0.717) is 13.0 Å². The molecule has 18 heavy (non-hydrogen) atoms. The minimum absolute atomic E-state index is 0.285. The monoisotopic (exact) mass is 247 g/mol. The van der Waals surface area contributed by atoms with E-state index in [9.17, 15) is 5.11 Å². The van der Waals surface area contributed by atoms with E-state index in [1.54, 1.807) is 0 Å². The Morgan fingerprint density at radius 1 is 1.44 bits per heavy atom. The number of rotatable bonds is 7. The average Bonchev–Trinajstić information content (AvgIpc) is 2.36. The van der Waals surface area contributed by atoms with Gasteiger partial charge in [-0.15, -0.1) is 12.3 Å². The maximum atomic E-state index is 9.73. The fraction of sp³-hybridized carbons (Fsp3) is 0.467. The molecule has 98 valence electrons. The maximum absolute atomic E-state index is 9.73. The van der Waals surface area contributed by atoms with Crippen molar-refractivity contribution in [2.24, 2.45) is 0 Å². The summed E-state index contributed by atoms with van der Waals surface area (Å²) in [5, 5.41) is 12.8. The second kappa shape index (κ2) is 7.75. The summed E-state index contributed by atoms with van der Waals surface area (Å²) in [7, 11) is 0. The van der Waals surface area contributed by atoms with Gasteiger partial charge in [0.2, 0.25) is 0 Å². The molecule has 0 saturated heterocycles. The van der Waals surface area contributed by atoms with Crippen molar-refractivity contribution < 1.29 is 9.84 Å². The van der Waals surface area contributed by atoms with Crippen LogP contribution < -0.4 is 10.1 Å². The van der Waals surface area contributed by atoms with Crippen LogP contribution in [0.25, 0.3) is 0 Å². The summed E-state index contributed by atoms with van der Waals surface area (Å²) in [6, 6.07) is 6.04. The predicted molar refractivity (Wildman–Crippen MR) is 73.7 cm³/mol. The molecule has 0 aromatic heterocycles. The van der Waals surface area contributed by atoms with E-state index < -0.39 is 6.10 Å². The lowest BCUT2D eigenvalue weighted by atomic mass is 10.1. The van der Waals surface area contributed by atoms with Crippen LogP contribution in [0, 0.1) is 26.2 Å². The maximum Gasteiger partial charge on any atom is 0.122 e. The second-order valence-corrected chi connectivity index (χ2v) is 4.39. The smallest absolute Gasteiger partial charge is 0.122 e.